The third kappa shape index (κ3) is 2.89. The van der Waals surface area contributed by atoms with Crippen LogP contribution in [0.5, 0.6) is 0 Å². The number of hydrogen-bond donors (Lipinski definition) is 3. The molecule has 1 heterocycles. The number of benzene rings is 1. The number of anilines is 1. The highest BCUT2D eigenvalue weighted by atomic mass is 32.2. The van der Waals surface area contributed by atoms with Crippen LogP contribution in [0, 0.1) is 0 Å². The number of sulfonamides is 1. The third-order valence-electron chi connectivity index (χ3n) is 2.95. The molecule has 0 saturated carbocycles. The lowest BCUT2D eigenvalue weighted by atomic mass is 10.2. The van der Waals surface area contributed by atoms with Crippen LogP contribution in [-0.4, -0.2) is 26.0 Å². The predicted molar refractivity (Wildman–Crippen MR) is 78.4 cm³/mol. The number of hydrogen-bond acceptors (Lipinski definition) is 4. The van der Waals surface area contributed by atoms with Gasteiger partial charge in [-0.15, -0.1) is 4.83 Å². The molecule has 0 radical (unpaired) electrons. The van der Waals surface area contributed by atoms with Gasteiger partial charge in [0.1, 0.15) is 0 Å². The highest BCUT2D eigenvalue weighted by Gasteiger charge is 2.24. The van der Waals surface area contributed by atoms with E-state index in [0.29, 0.717) is 13.0 Å². The molecule has 1 aromatic carbocycles. The number of nitrogens with two attached hydrogens (primary N) is 1. The SMILES string of the molecule is CC(=O)N1CCc2cc(S(=O)(=O)NNC(N)=S)ccc21. The highest BCUT2D eigenvalue weighted by molar-refractivity contribution is 7.89. The minimum Gasteiger partial charge on any atom is -0.375 e. The van der Waals surface area contributed by atoms with Crippen LogP contribution in [0.2, 0.25) is 0 Å². The molecule has 0 unspecified atom stereocenters. The Balaban J connectivity index is 2.29. The average molecular weight is 314 g/mol. The first-order valence-electron chi connectivity index (χ1n) is 5.79. The Morgan fingerprint density at radius 2 is 2.15 bits per heavy atom. The minimum atomic E-state index is -3.75. The van der Waals surface area contributed by atoms with Gasteiger partial charge in [0, 0.05) is 19.2 Å². The van der Waals surface area contributed by atoms with E-state index in [4.69, 9.17) is 5.73 Å². The Morgan fingerprint density at radius 3 is 2.75 bits per heavy atom. The van der Waals surface area contributed by atoms with Gasteiger partial charge in [0.15, 0.2) is 5.11 Å². The summed E-state index contributed by atoms with van der Waals surface area (Å²) in [6.07, 6.45) is 0.626. The lowest BCUT2D eigenvalue weighted by Crippen LogP contribution is -2.44. The largest absolute Gasteiger partial charge is 0.375 e. The second-order valence-corrected chi connectivity index (χ2v) is 6.43. The second-order valence-electron chi connectivity index (χ2n) is 4.31. The van der Waals surface area contributed by atoms with E-state index < -0.39 is 10.0 Å². The van der Waals surface area contributed by atoms with E-state index in [1.807, 2.05) is 0 Å². The molecule has 7 nitrogen and oxygen atoms in total. The van der Waals surface area contributed by atoms with E-state index in [1.54, 1.807) is 17.0 Å². The first kappa shape index (κ1) is 14.7. The van der Waals surface area contributed by atoms with Gasteiger partial charge in [-0.1, -0.05) is 0 Å². The van der Waals surface area contributed by atoms with Gasteiger partial charge in [-0.25, -0.2) is 8.42 Å². The van der Waals surface area contributed by atoms with E-state index in [0.717, 1.165) is 11.3 Å². The van der Waals surface area contributed by atoms with Crippen molar-refractivity contribution in [3.05, 3.63) is 23.8 Å². The van der Waals surface area contributed by atoms with Gasteiger partial charge >= 0.3 is 0 Å². The van der Waals surface area contributed by atoms with Crippen molar-refractivity contribution in [2.45, 2.75) is 18.2 Å². The summed E-state index contributed by atoms with van der Waals surface area (Å²) in [6.45, 7) is 2.04. The van der Waals surface area contributed by atoms with Crippen LogP contribution in [0.3, 0.4) is 0 Å². The van der Waals surface area contributed by atoms with E-state index in [9.17, 15) is 13.2 Å². The van der Waals surface area contributed by atoms with Crippen LogP contribution < -0.4 is 20.9 Å². The zero-order valence-corrected chi connectivity index (χ0v) is 12.3. The summed E-state index contributed by atoms with van der Waals surface area (Å²) in [5.41, 5.74) is 8.92. The number of fused-ring (bicyclic) bond motifs is 1. The van der Waals surface area contributed by atoms with Gasteiger partial charge in [0.05, 0.1) is 4.90 Å². The number of rotatable bonds is 3. The molecule has 9 heteroatoms. The summed E-state index contributed by atoms with van der Waals surface area (Å²) < 4.78 is 24.0. The van der Waals surface area contributed by atoms with Gasteiger partial charge in [0.25, 0.3) is 10.0 Å². The van der Waals surface area contributed by atoms with Crippen molar-refractivity contribution in [1.29, 1.82) is 0 Å². The number of thiocarbonyl (C=S) groups is 1. The van der Waals surface area contributed by atoms with Crippen molar-refractivity contribution < 1.29 is 13.2 Å². The summed E-state index contributed by atoms with van der Waals surface area (Å²) >= 11 is 4.53. The fraction of sp³-hybridized carbons (Fsp3) is 0.273. The van der Waals surface area contributed by atoms with E-state index in [1.165, 1.54) is 13.0 Å². The predicted octanol–water partition coefficient (Wildman–Crippen LogP) is -0.378. The third-order valence-corrected chi connectivity index (χ3v) is 4.29. The fourth-order valence-corrected chi connectivity index (χ4v) is 3.07. The highest BCUT2D eigenvalue weighted by Crippen LogP contribution is 2.30. The lowest BCUT2D eigenvalue weighted by Gasteiger charge is -2.15. The molecular weight excluding hydrogens is 300 g/mol. The molecular formula is C11H14N4O3S2. The Hall–Kier alpha value is -1.71. The van der Waals surface area contributed by atoms with Crippen LogP contribution in [-0.2, 0) is 21.2 Å². The van der Waals surface area contributed by atoms with E-state index >= 15 is 0 Å². The average Bonchev–Trinajstić information content (AvgIpc) is 2.79. The van der Waals surface area contributed by atoms with Crippen molar-refractivity contribution in [3.63, 3.8) is 0 Å². The van der Waals surface area contributed by atoms with Crippen molar-refractivity contribution >= 4 is 38.9 Å². The van der Waals surface area contributed by atoms with Crippen molar-refractivity contribution in [3.8, 4) is 0 Å². The van der Waals surface area contributed by atoms with Gasteiger partial charge in [-0.05, 0) is 42.4 Å². The van der Waals surface area contributed by atoms with Crippen molar-refractivity contribution in [2.24, 2.45) is 5.73 Å². The van der Waals surface area contributed by atoms with Crippen LogP contribution in [0.25, 0.3) is 0 Å². The van der Waals surface area contributed by atoms with E-state index in [2.05, 4.69) is 22.5 Å². The van der Waals surface area contributed by atoms with Crippen LogP contribution >= 0.6 is 12.2 Å². The molecule has 1 amide bonds. The molecule has 20 heavy (non-hydrogen) atoms. The fourth-order valence-electron chi connectivity index (χ4n) is 2.05. The first-order valence-corrected chi connectivity index (χ1v) is 7.68. The Kier molecular flexibility index (Phi) is 3.93. The summed E-state index contributed by atoms with van der Waals surface area (Å²) in [7, 11) is -3.75. The van der Waals surface area contributed by atoms with Crippen LogP contribution in [0.4, 0.5) is 5.69 Å². The van der Waals surface area contributed by atoms with Crippen molar-refractivity contribution in [2.75, 3.05) is 11.4 Å². The molecule has 108 valence electrons. The Morgan fingerprint density at radius 1 is 1.45 bits per heavy atom. The maximum absolute atomic E-state index is 12.0. The Bertz CT molecular complexity index is 672. The van der Waals surface area contributed by atoms with Gasteiger partial charge in [0.2, 0.25) is 5.91 Å². The van der Waals surface area contributed by atoms with Gasteiger partial charge in [-0.2, -0.15) is 0 Å². The van der Waals surface area contributed by atoms with Gasteiger partial charge in [-0.3, -0.25) is 10.2 Å². The molecule has 0 fully saturated rings. The maximum atomic E-state index is 12.0. The standard InChI is InChI=1S/C11H14N4O3S2/c1-7(16)15-5-4-8-6-9(2-3-10(8)15)20(17,18)14-13-11(12)19/h2-3,6,14H,4-5H2,1H3,(H3,12,13,19). The Labute approximate surface area is 122 Å². The van der Waals surface area contributed by atoms with Crippen LogP contribution in [0.15, 0.2) is 23.1 Å². The smallest absolute Gasteiger partial charge is 0.257 e. The number of hydrazine groups is 1. The zero-order chi connectivity index (χ0) is 14.9. The molecule has 2 rings (SSSR count). The number of nitrogens with zero attached hydrogens (tertiary/aromatic N) is 1. The monoisotopic (exact) mass is 314 g/mol. The summed E-state index contributed by atoms with van der Waals surface area (Å²) in [5.74, 6) is -0.0624. The van der Waals surface area contributed by atoms with Crippen molar-refractivity contribution in [1.82, 2.24) is 10.3 Å². The molecule has 0 atom stereocenters. The summed E-state index contributed by atoms with van der Waals surface area (Å²) in [5, 5.41) is -0.169. The molecule has 0 saturated heterocycles. The number of nitrogens with one attached hydrogen (secondary N) is 2. The van der Waals surface area contributed by atoms with Gasteiger partial charge < -0.3 is 10.6 Å². The molecule has 0 bridgehead atoms. The molecule has 0 aromatic heterocycles. The molecule has 1 aliphatic heterocycles. The number of carbonyl (C=O) groups is 1. The molecule has 0 aliphatic carbocycles. The quantitative estimate of drug-likeness (QED) is 0.519. The maximum Gasteiger partial charge on any atom is 0.257 e. The topological polar surface area (TPSA) is 105 Å². The van der Waals surface area contributed by atoms with Crippen LogP contribution in [0.1, 0.15) is 12.5 Å². The molecule has 4 N–H and O–H groups in total. The molecule has 1 aliphatic rings. The normalized spacial score (nSPS) is 13.9. The summed E-state index contributed by atoms with van der Waals surface area (Å²) in [6, 6.07) is 4.60. The second kappa shape index (κ2) is 5.35. The number of amides is 1. The lowest BCUT2D eigenvalue weighted by molar-refractivity contribution is -0.116. The van der Waals surface area contributed by atoms with E-state index in [-0.39, 0.29) is 15.9 Å². The summed E-state index contributed by atoms with van der Waals surface area (Å²) in [4.78, 5) is 15.2. The molecule has 1 aromatic rings. The minimum absolute atomic E-state index is 0.0624. The first-order chi connectivity index (χ1) is 9.31. The number of carbonyl (C=O) groups excluding carboxylic acids is 1. The zero-order valence-electron chi connectivity index (χ0n) is 10.7. The molecule has 0 spiro atoms.